The molecule has 0 bridgehead atoms. The fraction of sp³-hybridized carbons (Fsp3) is 0.600. The fourth-order valence-corrected chi connectivity index (χ4v) is 2.99. The van der Waals surface area contributed by atoms with E-state index in [2.05, 4.69) is 10.3 Å². The second-order valence-corrected chi connectivity index (χ2v) is 6.19. The molecular weight excluding hydrogens is 311 g/mol. The van der Waals surface area contributed by atoms with Gasteiger partial charge in [0.2, 0.25) is 0 Å². The third-order valence-corrected chi connectivity index (χ3v) is 4.58. The van der Waals surface area contributed by atoms with Crippen LogP contribution in [0.2, 0.25) is 10.0 Å². The zero-order valence-corrected chi connectivity index (χ0v) is 13.9. The maximum Gasteiger partial charge on any atom is 0.258 e. The molecule has 0 aromatic carbocycles. The van der Waals surface area contributed by atoms with Crippen LogP contribution in [0.5, 0.6) is 5.75 Å². The highest BCUT2D eigenvalue weighted by Gasteiger charge is 2.18. The van der Waals surface area contributed by atoms with Gasteiger partial charge in [-0.25, -0.2) is 0 Å². The Morgan fingerprint density at radius 2 is 1.76 bits per heavy atom. The van der Waals surface area contributed by atoms with E-state index in [1.807, 2.05) is 0 Å². The topological polar surface area (TPSA) is 51.2 Å². The minimum Gasteiger partial charge on any atom is -0.480 e. The van der Waals surface area contributed by atoms with Crippen molar-refractivity contribution in [2.45, 2.75) is 52.0 Å². The molecule has 1 N–H and O–H groups in total. The lowest BCUT2D eigenvalue weighted by molar-refractivity contribution is -0.124. The molecule has 1 amide bonds. The monoisotopic (exact) mass is 330 g/mol. The maximum absolute atomic E-state index is 11.9. The predicted molar refractivity (Wildman–Crippen MR) is 84.2 cm³/mol. The van der Waals surface area contributed by atoms with Gasteiger partial charge < -0.3 is 10.1 Å². The molecule has 4 nitrogen and oxygen atoms in total. The third kappa shape index (κ3) is 4.24. The summed E-state index contributed by atoms with van der Waals surface area (Å²) in [5, 5.41) is 3.71. The van der Waals surface area contributed by atoms with Crippen LogP contribution < -0.4 is 10.1 Å². The predicted octanol–water partition coefficient (Wildman–Crippen LogP) is 3.83. The zero-order valence-electron chi connectivity index (χ0n) is 12.3. The van der Waals surface area contributed by atoms with Crippen LogP contribution >= 0.6 is 23.2 Å². The number of hydrogen-bond donors (Lipinski definition) is 1. The Kier molecular flexibility index (Phi) is 5.71. The summed E-state index contributed by atoms with van der Waals surface area (Å²) in [4.78, 5) is 16.1. The molecular formula is C15H20Cl2N2O2. The Hall–Kier alpha value is -1.00. The van der Waals surface area contributed by atoms with Crippen LogP contribution in [0, 0.1) is 13.8 Å². The number of halogens is 2. The van der Waals surface area contributed by atoms with Gasteiger partial charge in [-0.05, 0) is 26.7 Å². The van der Waals surface area contributed by atoms with E-state index in [0.29, 0.717) is 27.2 Å². The van der Waals surface area contributed by atoms with Crippen LogP contribution in [0.1, 0.15) is 43.5 Å². The minimum absolute atomic E-state index is 0.0845. The van der Waals surface area contributed by atoms with Crippen molar-refractivity contribution in [3.8, 4) is 5.75 Å². The highest BCUT2D eigenvalue weighted by atomic mass is 35.5. The zero-order chi connectivity index (χ0) is 15.4. The van der Waals surface area contributed by atoms with Crippen LogP contribution in [-0.4, -0.2) is 23.5 Å². The number of nitrogens with one attached hydrogen (secondary N) is 1. The van der Waals surface area contributed by atoms with E-state index >= 15 is 0 Å². The number of aryl methyl sites for hydroxylation is 2. The fourth-order valence-electron chi connectivity index (χ4n) is 2.56. The highest BCUT2D eigenvalue weighted by molar-refractivity contribution is 6.37. The molecule has 6 heteroatoms. The molecule has 116 valence electrons. The normalized spacial score (nSPS) is 15.8. The van der Waals surface area contributed by atoms with Gasteiger partial charge in [0.1, 0.15) is 10.0 Å². The first-order valence-corrected chi connectivity index (χ1v) is 7.99. The molecule has 1 aromatic heterocycles. The van der Waals surface area contributed by atoms with Gasteiger partial charge in [0.05, 0.1) is 11.4 Å². The summed E-state index contributed by atoms with van der Waals surface area (Å²) in [6, 6.07) is 0.265. The molecule has 0 radical (unpaired) electrons. The summed E-state index contributed by atoms with van der Waals surface area (Å²) in [6.07, 6.45) is 5.68. The van der Waals surface area contributed by atoms with E-state index in [1.54, 1.807) is 13.8 Å². The van der Waals surface area contributed by atoms with Crippen molar-refractivity contribution in [3.05, 3.63) is 21.4 Å². The second-order valence-electron chi connectivity index (χ2n) is 5.43. The van der Waals surface area contributed by atoms with Crippen LogP contribution in [0.4, 0.5) is 0 Å². The molecule has 0 atom stereocenters. The van der Waals surface area contributed by atoms with Crippen molar-refractivity contribution >= 4 is 29.1 Å². The van der Waals surface area contributed by atoms with E-state index in [4.69, 9.17) is 27.9 Å². The number of aromatic nitrogens is 1. The Morgan fingerprint density at radius 3 is 2.33 bits per heavy atom. The smallest absolute Gasteiger partial charge is 0.258 e. The van der Waals surface area contributed by atoms with E-state index in [-0.39, 0.29) is 18.6 Å². The second kappa shape index (κ2) is 7.32. The number of hydrogen-bond acceptors (Lipinski definition) is 3. The van der Waals surface area contributed by atoms with Crippen molar-refractivity contribution in [3.63, 3.8) is 0 Å². The van der Waals surface area contributed by atoms with Gasteiger partial charge in [0.15, 0.2) is 12.4 Å². The van der Waals surface area contributed by atoms with Gasteiger partial charge >= 0.3 is 0 Å². The number of ether oxygens (including phenoxy) is 1. The maximum atomic E-state index is 11.9. The molecule has 0 aliphatic heterocycles. The molecule has 0 saturated heterocycles. The van der Waals surface area contributed by atoms with Crippen molar-refractivity contribution in [1.82, 2.24) is 10.3 Å². The van der Waals surface area contributed by atoms with Gasteiger partial charge in [-0.3, -0.25) is 9.78 Å². The first kappa shape index (κ1) is 16.4. The molecule has 21 heavy (non-hydrogen) atoms. The number of carbonyl (C=O) groups is 1. The Labute approximate surface area is 135 Å². The molecule has 0 spiro atoms. The number of amides is 1. The molecule has 1 aliphatic carbocycles. The Balaban J connectivity index is 1.95. The molecule has 1 saturated carbocycles. The van der Waals surface area contributed by atoms with Crippen LogP contribution in [-0.2, 0) is 4.79 Å². The van der Waals surface area contributed by atoms with Crippen LogP contribution in [0.25, 0.3) is 0 Å². The number of rotatable bonds is 4. The van der Waals surface area contributed by atoms with E-state index in [9.17, 15) is 4.79 Å². The largest absolute Gasteiger partial charge is 0.480 e. The van der Waals surface area contributed by atoms with Crippen molar-refractivity contribution in [2.75, 3.05) is 6.61 Å². The van der Waals surface area contributed by atoms with E-state index in [0.717, 1.165) is 12.8 Å². The Morgan fingerprint density at radius 1 is 1.19 bits per heavy atom. The first-order valence-electron chi connectivity index (χ1n) is 7.23. The third-order valence-electron chi connectivity index (χ3n) is 3.69. The summed E-state index contributed by atoms with van der Waals surface area (Å²) in [5.41, 5.74) is 1.28. The van der Waals surface area contributed by atoms with Crippen LogP contribution in [0.3, 0.4) is 0 Å². The Bertz CT molecular complexity index is 503. The number of carbonyl (C=O) groups excluding carboxylic acids is 1. The summed E-state index contributed by atoms with van der Waals surface area (Å²) in [7, 11) is 0. The van der Waals surface area contributed by atoms with E-state index in [1.165, 1.54) is 19.3 Å². The average molecular weight is 331 g/mol. The number of pyridine rings is 1. The molecule has 1 aromatic rings. The van der Waals surface area contributed by atoms with Crippen molar-refractivity contribution in [1.29, 1.82) is 0 Å². The van der Waals surface area contributed by atoms with Gasteiger partial charge in [0, 0.05) is 6.04 Å². The lowest BCUT2D eigenvalue weighted by Gasteiger charge is -2.23. The average Bonchev–Trinajstić information content (AvgIpc) is 2.46. The van der Waals surface area contributed by atoms with Crippen molar-refractivity contribution < 1.29 is 9.53 Å². The van der Waals surface area contributed by atoms with Crippen molar-refractivity contribution in [2.24, 2.45) is 0 Å². The van der Waals surface area contributed by atoms with E-state index < -0.39 is 0 Å². The summed E-state index contributed by atoms with van der Waals surface area (Å²) >= 11 is 12.3. The van der Waals surface area contributed by atoms with Gasteiger partial charge in [-0.2, -0.15) is 0 Å². The molecule has 1 heterocycles. The quantitative estimate of drug-likeness (QED) is 0.912. The van der Waals surface area contributed by atoms with Gasteiger partial charge in [-0.15, -0.1) is 0 Å². The first-order chi connectivity index (χ1) is 9.99. The SMILES string of the molecule is Cc1nc(C)c(Cl)c(OCC(=O)NC2CCCCC2)c1Cl. The lowest BCUT2D eigenvalue weighted by atomic mass is 9.95. The summed E-state index contributed by atoms with van der Waals surface area (Å²) in [5.74, 6) is 0.197. The minimum atomic E-state index is -0.138. The highest BCUT2D eigenvalue weighted by Crippen LogP contribution is 2.36. The number of nitrogens with zero attached hydrogens (tertiary/aromatic N) is 1. The molecule has 0 unspecified atom stereocenters. The summed E-state index contributed by atoms with van der Waals surface area (Å²) in [6.45, 7) is 3.47. The molecule has 1 aliphatic rings. The standard InChI is InChI=1S/C15H20Cl2N2O2/c1-9-13(16)15(14(17)10(2)18-9)21-8-12(20)19-11-6-4-3-5-7-11/h11H,3-8H2,1-2H3,(H,19,20). The lowest BCUT2D eigenvalue weighted by Crippen LogP contribution is -2.39. The van der Waals surface area contributed by atoms with Gasteiger partial charge in [0.25, 0.3) is 5.91 Å². The van der Waals surface area contributed by atoms with Gasteiger partial charge in [-0.1, -0.05) is 42.5 Å². The summed E-state index contributed by atoms with van der Waals surface area (Å²) < 4.78 is 5.52. The molecule has 2 rings (SSSR count). The molecule has 1 fully saturated rings. The van der Waals surface area contributed by atoms with Crippen LogP contribution in [0.15, 0.2) is 0 Å².